The lowest BCUT2D eigenvalue weighted by Gasteiger charge is -2.04. The standard InChI is InChI=1S/C15H11FN2O2/c16-12-5-1-4-8-15(12)20-11-9-17-18(10-11)13-6-2-3-7-14(13)19/h1-10,19H. The lowest BCUT2D eigenvalue weighted by Crippen LogP contribution is -1.93. The van der Waals surface area contributed by atoms with Gasteiger partial charge in [0.1, 0.15) is 11.4 Å². The van der Waals surface area contributed by atoms with Crippen molar-refractivity contribution in [2.24, 2.45) is 0 Å². The number of phenolic OH excluding ortho intramolecular Hbond substituents is 1. The minimum absolute atomic E-state index is 0.105. The number of rotatable bonds is 3. The molecule has 0 aliphatic carbocycles. The van der Waals surface area contributed by atoms with E-state index in [-0.39, 0.29) is 11.5 Å². The predicted octanol–water partition coefficient (Wildman–Crippen LogP) is 3.51. The molecule has 1 heterocycles. The summed E-state index contributed by atoms with van der Waals surface area (Å²) in [6.45, 7) is 0. The Bertz CT molecular complexity index is 740. The number of hydrogen-bond acceptors (Lipinski definition) is 3. The van der Waals surface area contributed by atoms with Crippen LogP contribution in [0.2, 0.25) is 0 Å². The van der Waals surface area contributed by atoms with Crippen LogP contribution < -0.4 is 4.74 Å². The summed E-state index contributed by atoms with van der Waals surface area (Å²) in [5, 5.41) is 13.8. The molecule has 100 valence electrons. The summed E-state index contributed by atoms with van der Waals surface area (Å²) in [5.74, 6) is 0.179. The summed E-state index contributed by atoms with van der Waals surface area (Å²) >= 11 is 0. The van der Waals surface area contributed by atoms with Gasteiger partial charge in [-0.15, -0.1) is 0 Å². The number of ether oxygens (including phenoxy) is 1. The summed E-state index contributed by atoms with van der Waals surface area (Å²) < 4.78 is 20.4. The Morgan fingerprint density at radius 2 is 1.80 bits per heavy atom. The van der Waals surface area contributed by atoms with Crippen LogP contribution in [0.25, 0.3) is 5.69 Å². The van der Waals surface area contributed by atoms with E-state index in [9.17, 15) is 9.50 Å². The quantitative estimate of drug-likeness (QED) is 0.792. The van der Waals surface area contributed by atoms with Gasteiger partial charge in [0, 0.05) is 0 Å². The summed E-state index contributed by atoms with van der Waals surface area (Å²) in [7, 11) is 0. The molecular formula is C15H11FN2O2. The number of phenols is 1. The van der Waals surface area contributed by atoms with Crippen molar-refractivity contribution in [3.05, 3.63) is 66.7 Å². The van der Waals surface area contributed by atoms with Crippen LogP contribution in [-0.4, -0.2) is 14.9 Å². The highest BCUT2D eigenvalue weighted by Gasteiger charge is 2.08. The molecule has 0 unspecified atom stereocenters. The second-order valence-corrected chi connectivity index (χ2v) is 4.14. The maximum Gasteiger partial charge on any atom is 0.165 e. The van der Waals surface area contributed by atoms with Crippen LogP contribution >= 0.6 is 0 Å². The second-order valence-electron chi connectivity index (χ2n) is 4.14. The molecule has 5 heteroatoms. The fraction of sp³-hybridized carbons (Fsp3) is 0. The topological polar surface area (TPSA) is 47.3 Å². The lowest BCUT2D eigenvalue weighted by molar-refractivity contribution is 0.442. The fourth-order valence-corrected chi connectivity index (χ4v) is 1.80. The molecule has 1 aromatic heterocycles. The van der Waals surface area contributed by atoms with Crippen molar-refractivity contribution in [2.75, 3.05) is 0 Å². The number of aromatic nitrogens is 2. The molecule has 20 heavy (non-hydrogen) atoms. The molecule has 3 rings (SSSR count). The van der Waals surface area contributed by atoms with Crippen molar-refractivity contribution in [1.82, 2.24) is 9.78 Å². The van der Waals surface area contributed by atoms with Crippen molar-refractivity contribution < 1.29 is 14.2 Å². The Morgan fingerprint density at radius 3 is 2.60 bits per heavy atom. The van der Waals surface area contributed by atoms with Gasteiger partial charge in [-0.3, -0.25) is 0 Å². The van der Waals surface area contributed by atoms with Crippen LogP contribution in [0.5, 0.6) is 17.2 Å². The molecule has 2 aromatic carbocycles. The second kappa shape index (κ2) is 5.05. The van der Waals surface area contributed by atoms with Gasteiger partial charge in [0.15, 0.2) is 17.3 Å². The number of halogens is 1. The zero-order valence-electron chi connectivity index (χ0n) is 10.4. The van der Waals surface area contributed by atoms with E-state index in [0.717, 1.165) is 0 Å². The zero-order chi connectivity index (χ0) is 13.9. The fourth-order valence-electron chi connectivity index (χ4n) is 1.80. The van der Waals surface area contributed by atoms with E-state index in [0.29, 0.717) is 11.4 Å². The molecular weight excluding hydrogens is 259 g/mol. The van der Waals surface area contributed by atoms with E-state index in [4.69, 9.17) is 4.74 Å². The Hall–Kier alpha value is -2.82. The van der Waals surface area contributed by atoms with Gasteiger partial charge in [0.25, 0.3) is 0 Å². The van der Waals surface area contributed by atoms with Crippen LogP contribution in [0.1, 0.15) is 0 Å². The smallest absolute Gasteiger partial charge is 0.165 e. The van der Waals surface area contributed by atoms with Gasteiger partial charge in [-0.05, 0) is 24.3 Å². The number of aromatic hydroxyl groups is 1. The van der Waals surface area contributed by atoms with Gasteiger partial charge >= 0.3 is 0 Å². The highest BCUT2D eigenvalue weighted by Crippen LogP contribution is 2.26. The van der Waals surface area contributed by atoms with Crippen molar-refractivity contribution in [3.63, 3.8) is 0 Å². The average Bonchev–Trinajstić information content (AvgIpc) is 2.90. The molecule has 0 atom stereocenters. The predicted molar refractivity (Wildman–Crippen MR) is 71.7 cm³/mol. The van der Waals surface area contributed by atoms with Crippen LogP contribution in [0.4, 0.5) is 4.39 Å². The summed E-state index contributed by atoms with van der Waals surface area (Å²) in [5.41, 5.74) is 0.524. The van der Waals surface area contributed by atoms with E-state index in [1.165, 1.54) is 23.0 Å². The molecule has 0 aliphatic rings. The molecule has 0 aliphatic heterocycles. The highest BCUT2D eigenvalue weighted by atomic mass is 19.1. The molecule has 1 N–H and O–H groups in total. The van der Waals surface area contributed by atoms with Gasteiger partial charge < -0.3 is 9.84 Å². The van der Waals surface area contributed by atoms with E-state index < -0.39 is 5.82 Å². The van der Waals surface area contributed by atoms with E-state index in [1.807, 2.05) is 0 Å². The van der Waals surface area contributed by atoms with Crippen LogP contribution in [0.3, 0.4) is 0 Å². The number of para-hydroxylation sites is 3. The van der Waals surface area contributed by atoms with E-state index >= 15 is 0 Å². The molecule has 0 spiro atoms. The van der Waals surface area contributed by atoms with Crippen molar-refractivity contribution in [1.29, 1.82) is 0 Å². The first kappa shape index (κ1) is 12.2. The third-order valence-corrected chi connectivity index (χ3v) is 2.75. The third-order valence-electron chi connectivity index (χ3n) is 2.75. The van der Waals surface area contributed by atoms with Gasteiger partial charge in [0.05, 0.1) is 12.4 Å². The molecule has 0 radical (unpaired) electrons. The largest absolute Gasteiger partial charge is 0.506 e. The molecule has 0 fully saturated rings. The van der Waals surface area contributed by atoms with Gasteiger partial charge in [-0.2, -0.15) is 5.10 Å². The van der Waals surface area contributed by atoms with Crippen LogP contribution in [0.15, 0.2) is 60.9 Å². The Morgan fingerprint density at radius 1 is 1.05 bits per heavy atom. The van der Waals surface area contributed by atoms with Crippen molar-refractivity contribution in [3.8, 4) is 22.9 Å². The van der Waals surface area contributed by atoms with Gasteiger partial charge in [-0.25, -0.2) is 9.07 Å². The minimum atomic E-state index is -0.442. The summed E-state index contributed by atoms with van der Waals surface area (Å²) in [4.78, 5) is 0. The molecule has 4 nitrogen and oxygen atoms in total. The maximum absolute atomic E-state index is 13.5. The molecule has 0 saturated heterocycles. The lowest BCUT2D eigenvalue weighted by atomic mass is 10.3. The zero-order valence-corrected chi connectivity index (χ0v) is 10.4. The minimum Gasteiger partial charge on any atom is -0.506 e. The van der Waals surface area contributed by atoms with Gasteiger partial charge in [0.2, 0.25) is 0 Å². The van der Waals surface area contributed by atoms with Crippen LogP contribution in [0, 0.1) is 5.82 Å². The van der Waals surface area contributed by atoms with Crippen molar-refractivity contribution in [2.45, 2.75) is 0 Å². The first-order valence-electron chi connectivity index (χ1n) is 5.99. The maximum atomic E-state index is 13.5. The average molecular weight is 270 g/mol. The number of hydrogen-bond donors (Lipinski definition) is 1. The summed E-state index contributed by atoms with van der Waals surface area (Å²) in [6, 6.07) is 12.9. The Balaban J connectivity index is 1.88. The molecule has 0 bridgehead atoms. The monoisotopic (exact) mass is 270 g/mol. The Labute approximate surface area is 114 Å². The van der Waals surface area contributed by atoms with Gasteiger partial charge in [-0.1, -0.05) is 24.3 Å². The third kappa shape index (κ3) is 2.33. The van der Waals surface area contributed by atoms with Crippen LogP contribution in [-0.2, 0) is 0 Å². The van der Waals surface area contributed by atoms with Crippen molar-refractivity contribution >= 4 is 0 Å². The normalized spacial score (nSPS) is 10.4. The highest BCUT2D eigenvalue weighted by molar-refractivity contribution is 5.45. The molecule has 0 amide bonds. The number of nitrogens with zero attached hydrogens (tertiary/aromatic N) is 2. The molecule has 0 saturated carbocycles. The first-order chi connectivity index (χ1) is 9.74. The number of benzene rings is 2. The molecule has 3 aromatic rings. The van der Waals surface area contributed by atoms with E-state index in [1.54, 1.807) is 42.6 Å². The summed E-state index contributed by atoms with van der Waals surface area (Å²) in [6.07, 6.45) is 3.03. The first-order valence-corrected chi connectivity index (χ1v) is 5.99. The van der Waals surface area contributed by atoms with E-state index in [2.05, 4.69) is 5.10 Å². The Kier molecular flexibility index (Phi) is 3.09. The SMILES string of the molecule is Oc1ccccc1-n1cc(Oc2ccccc2F)cn1.